The molecule has 1 fully saturated rings. The van der Waals surface area contributed by atoms with Gasteiger partial charge in [0.15, 0.2) is 11.8 Å². The summed E-state index contributed by atoms with van der Waals surface area (Å²) in [6, 6.07) is 13.5. The Morgan fingerprint density at radius 2 is 2.05 bits per heavy atom. The molecule has 5 rings (SSSR count). The van der Waals surface area contributed by atoms with Gasteiger partial charge in [-0.05, 0) is 74.1 Å². The van der Waals surface area contributed by atoms with Crippen LogP contribution in [-0.4, -0.2) is 52.2 Å². The third-order valence-corrected chi connectivity index (χ3v) is 7.84. The van der Waals surface area contributed by atoms with Crippen LogP contribution in [0.5, 0.6) is 0 Å². The van der Waals surface area contributed by atoms with Crippen LogP contribution in [0.3, 0.4) is 0 Å². The summed E-state index contributed by atoms with van der Waals surface area (Å²) in [5.74, 6) is -0.549. The SMILES string of the molecule is C[C@H](N)CCCc1cc(Cl)c(F)c(-c2cc3cn(-c4ccc([C@H]5CNC[C@@H](CCNC(=N)N)N5)cc4)c(=O)nc3[nH]2)c1. The number of benzene rings is 2. The lowest BCUT2D eigenvalue weighted by molar-refractivity contribution is 0.330. The normalized spacial score (nSPS) is 17.8. The number of H-pyrrole nitrogens is 1. The third-order valence-electron chi connectivity index (χ3n) is 7.57. The molecule has 3 heterocycles. The highest BCUT2D eigenvalue weighted by Crippen LogP contribution is 2.31. The maximum atomic E-state index is 15.1. The number of nitrogens with two attached hydrogens (primary N) is 2. The zero-order valence-corrected chi connectivity index (χ0v) is 24.3. The fourth-order valence-corrected chi connectivity index (χ4v) is 5.63. The molecule has 0 unspecified atom stereocenters. The molecule has 42 heavy (non-hydrogen) atoms. The van der Waals surface area contributed by atoms with Gasteiger partial charge in [0.25, 0.3) is 0 Å². The molecule has 1 saturated heterocycles. The number of hydrogen-bond donors (Lipinski definition) is 7. The van der Waals surface area contributed by atoms with E-state index in [-0.39, 0.29) is 29.1 Å². The molecule has 1 aliphatic rings. The van der Waals surface area contributed by atoms with Gasteiger partial charge in [0.05, 0.1) is 16.4 Å². The number of rotatable bonds is 10. The molecule has 9 N–H and O–H groups in total. The van der Waals surface area contributed by atoms with Gasteiger partial charge in [-0.25, -0.2) is 9.18 Å². The zero-order chi connectivity index (χ0) is 29.8. The van der Waals surface area contributed by atoms with Crippen LogP contribution in [0.25, 0.3) is 28.0 Å². The highest BCUT2D eigenvalue weighted by atomic mass is 35.5. The Hall–Kier alpha value is -3.77. The van der Waals surface area contributed by atoms with Crippen molar-refractivity contribution in [2.24, 2.45) is 11.5 Å². The summed E-state index contributed by atoms with van der Waals surface area (Å²) in [5, 5.41) is 18.0. The Morgan fingerprint density at radius 3 is 2.79 bits per heavy atom. The molecular weight excluding hydrogens is 557 g/mol. The van der Waals surface area contributed by atoms with Gasteiger partial charge < -0.3 is 32.4 Å². The average Bonchev–Trinajstić information content (AvgIpc) is 3.37. The van der Waals surface area contributed by atoms with E-state index in [0.717, 1.165) is 49.9 Å². The maximum absolute atomic E-state index is 15.1. The Morgan fingerprint density at radius 1 is 1.26 bits per heavy atom. The van der Waals surface area contributed by atoms with Crippen LogP contribution < -0.4 is 33.1 Å². The van der Waals surface area contributed by atoms with Crippen molar-refractivity contribution >= 4 is 28.6 Å². The second kappa shape index (κ2) is 13.0. The third kappa shape index (κ3) is 6.99. The van der Waals surface area contributed by atoms with Gasteiger partial charge in [0, 0.05) is 54.9 Å². The fourth-order valence-electron chi connectivity index (χ4n) is 5.39. The number of aryl methyl sites for hydroxylation is 1. The highest BCUT2D eigenvalue weighted by molar-refractivity contribution is 6.31. The first kappa shape index (κ1) is 29.7. The van der Waals surface area contributed by atoms with E-state index >= 15 is 4.39 Å². The molecule has 10 nitrogen and oxygen atoms in total. The largest absolute Gasteiger partial charge is 0.370 e. The van der Waals surface area contributed by atoms with Crippen molar-refractivity contribution in [1.82, 2.24) is 30.5 Å². The average molecular weight is 594 g/mol. The molecule has 0 aliphatic carbocycles. The lowest BCUT2D eigenvalue weighted by Gasteiger charge is -2.32. The molecular formula is C30H37ClFN9O. The molecule has 0 spiro atoms. The van der Waals surface area contributed by atoms with E-state index in [0.29, 0.717) is 34.5 Å². The molecule has 4 aromatic rings. The molecule has 1 aliphatic heterocycles. The molecule has 0 bridgehead atoms. The minimum absolute atomic E-state index is 0.0285. The Bertz CT molecular complexity index is 1620. The van der Waals surface area contributed by atoms with Gasteiger partial charge in [0.2, 0.25) is 0 Å². The number of aromatic nitrogens is 3. The summed E-state index contributed by atoms with van der Waals surface area (Å²) in [6.45, 7) is 4.20. The van der Waals surface area contributed by atoms with E-state index in [4.69, 9.17) is 28.5 Å². The summed E-state index contributed by atoms with van der Waals surface area (Å²) in [4.78, 5) is 20.3. The van der Waals surface area contributed by atoms with Crippen LogP contribution in [0.1, 0.15) is 43.4 Å². The van der Waals surface area contributed by atoms with E-state index in [1.807, 2.05) is 31.2 Å². The van der Waals surface area contributed by atoms with Crippen LogP contribution in [-0.2, 0) is 6.42 Å². The van der Waals surface area contributed by atoms with Crippen molar-refractivity contribution in [2.45, 2.75) is 50.7 Å². The lowest BCUT2D eigenvalue weighted by atomic mass is 10.0. The van der Waals surface area contributed by atoms with Crippen molar-refractivity contribution in [1.29, 1.82) is 5.41 Å². The summed E-state index contributed by atoms with van der Waals surface area (Å²) < 4.78 is 16.6. The van der Waals surface area contributed by atoms with Gasteiger partial charge >= 0.3 is 5.69 Å². The van der Waals surface area contributed by atoms with Crippen LogP contribution in [0, 0.1) is 11.2 Å². The van der Waals surface area contributed by atoms with Crippen molar-refractivity contribution < 1.29 is 4.39 Å². The number of nitrogens with one attached hydrogen (secondary N) is 5. The second-order valence-corrected chi connectivity index (χ2v) is 11.4. The molecule has 222 valence electrons. The smallest absolute Gasteiger partial charge is 0.354 e. The maximum Gasteiger partial charge on any atom is 0.354 e. The number of halogens is 2. The fraction of sp³-hybridized carbons (Fsp3) is 0.367. The van der Waals surface area contributed by atoms with Gasteiger partial charge in [-0.2, -0.15) is 4.98 Å². The quantitative estimate of drug-likeness (QED) is 0.110. The summed E-state index contributed by atoms with van der Waals surface area (Å²) in [6.07, 6.45) is 5.01. The van der Waals surface area contributed by atoms with E-state index < -0.39 is 11.5 Å². The van der Waals surface area contributed by atoms with E-state index in [1.165, 1.54) is 4.57 Å². The Balaban J connectivity index is 1.35. The van der Waals surface area contributed by atoms with E-state index in [9.17, 15) is 4.79 Å². The molecule has 2 aromatic carbocycles. The van der Waals surface area contributed by atoms with Crippen LogP contribution >= 0.6 is 11.6 Å². The van der Waals surface area contributed by atoms with E-state index in [2.05, 4.69) is 25.9 Å². The number of piperazine rings is 1. The first-order chi connectivity index (χ1) is 20.2. The number of nitrogens with zero attached hydrogens (tertiary/aromatic N) is 2. The molecule has 0 radical (unpaired) electrons. The van der Waals surface area contributed by atoms with Crippen molar-refractivity contribution in [3.8, 4) is 16.9 Å². The van der Waals surface area contributed by atoms with Gasteiger partial charge in [-0.15, -0.1) is 0 Å². The molecule has 2 aromatic heterocycles. The van der Waals surface area contributed by atoms with Crippen LogP contribution in [0.2, 0.25) is 5.02 Å². The van der Waals surface area contributed by atoms with Gasteiger partial charge in [-0.1, -0.05) is 23.7 Å². The van der Waals surface area contributed by atoms with Crippen LogP contribution in [0.15, 0.2) is 53.5 Å². The minimum Gasteiger partial charge on any atom is -0.370 e. The summed E-state index contributed by atoms with van der Waals surface area (Å²) in [7, 11) is 0. The molecule has 0 saturated carbocycles. The monoisotopic (exact) mass is 593 g/mol. The van der Waals surface area contributed by atoms with E-state index in [1.54, 1.807) is 24.4 Å². The predicted octanol–water partition coefficient (Wildman–Crippen LogP) is 3.32. The van der Waals surface area contributed by atoms with Crippen LogP contribution in [0.4, 0.5) is 4.39 Å². The van der Waals surface area contributed by atoms with Crippen molar-refractivity contribution in [3.05, 3.63) is 81.1 Å². The molecule has 12 heteroatoms. The minimum atomic E-state index is -0.520. The summed E-state index contributed by atoms with van der Waals surface area (Å²) in [5.41, 5.74) is 14.7. The van der Waals surface area contributed by atoms with Crippen molar-refractivity contribution in [2.75, 3.05) is 19.6 Å². The predicted molar refractivity (Wildman–Crippen MR) is 166 cm³/mol. The number of aromatic amines is 1. The van der Waals surface area contributed by atoms with Gasteiger partial charge in [-0.3, -0.25) is 9.98 Å². The highest BCUT2D eigenvalue weighted by Gasteiger charge is 2.22. The number of fused-ring (bicyclic) bond motifs is 1. The lowest BCUT2D eigenvalue weighted by Crippen LogP contribution is -2.51. The number of guanidine groups is 1. The van der Waals surface area contributed by atoms with Gasteiger partial charge in [0.1, 0.15) is 5.65 Å². The Labute approximate surface area is 248 Å². The summed E-state index contributed by atoms with van der Waals surface area (Å²) >= 11 is 6.24. The Kier molecular flexibility index (Phi) is 9.22. The standard InChI is InChI=1S/C30H37ClFN9O/c1-17(33)3-2-4-18-11-23(27(32)24(31)12-18)25-13-20-16-41(30(42)40-28(20)39-25)22-7-5-19(6-8-22)26-15-36-14-21(38-26)9-10-37-29(34)35/h5-8,11-13,16-17,21,26,36,38H,2-4,9-10,14-15,33H2,1H3,(H4,34,35,37)(H,39,40,42)/t17-,21+,26+/m0/s1. The number of hydrogen-bond acceptors (Lipinski definition) is 6. The van der Waals surface area contributed by atoms with Crippen molar-refractivity contribution in [3.63, 3.8) is 0 Å². The molecule has 3 atom stereocenters. The first-order valence-corrected chi connectivity index (χ1v) is 14.6. The first-order valence-electron chi connectivity index (χ1n) is 14.2. The zero-order valence-electron chi connectivity index (χ0n) is 23.5. The topological polar surface area (TPSA) is 163 Å². The second-order valence-electron chi connectivity index (χ2n) is 11.0. The molecule has 0 amide bonds.